The van der Waals surface area contributed by atoms with E-state index in [-0.39, 0.29) is 18.2 Å². The van der Waals surface area contributed by atoms with Gasteiger partial charge in [-0.2, -0.15) is 0 Å². The number of ketones is 1. The zero-order valence-corrected chi connectivity index (χ0v) is 16.0. The molecule has 0 aliphatic heterocycles. The Kier molecular flexibility index (Phi) is 6.03. The highest BCUT2D eigenvalue weighted by molar-refractivity contribution is 6.39. The number of carbonyl (C=O) groups excluding carboxylic acids is 3. The summed E-state index contributed by atoms with van der Waals surface area (Å²) in [5.41, 5.74) is 1.53. The normalized spacial score (nSPS) is 10.3. The van der Waals surface area contributed by atoms with Gasteiger partial charge in [-0.3, -0.25) is 14.4 Å². The molecule has 0 saturated carbocycles. The van der Waals surface area contributed by atoms with Crippen LogP contribution < -0.4 is 15.4 Å². The van der Waals surface area contributed by atoms with Gasteiger partial charge in [0.15, 0.2) is 5.82 Å². The SMILES string of the molecule is COc1ccc(CNC(=O)C(=O)Nc2cccc(C(=O)c3nccn3C)c2)cc1. The predicted octanol–water partition coefficient (Wildman–Crippen LogP) is 1.91. The van der Waals surface area contributed by atoms with Gasteiger partial charge in [-0.1, -0.05) is 24.3 Å². The number of hydrogen-bond donors (Lipinski definition) is 2. The molecule has 0 aliphatic rings. The fourth-order valence-corrected chi connectivity index (χ4v) is 2.65. The third-order valence-corrected chi connectivity index (χ3v) is 4.23. The highest BCUT2D eigenvalue weighted by Gasteiger charge is 2.17. The van der Waals surface area contributed by atoms with Gasteiger partial charge >= 0.3 is 11.8 Å². The molecule has 8 nitrogen and oxygen atoms in total. The smallest absolute Gasteiger partial charge is 0.313 e. The maximum atomic E-state index is 12.5. The first-order chi connectivity index (χ1) is 14.0. The minimum absolute atomic E-state index is 0.202. The minimum Gasteiger partial charge on any atom is -0.497 e. The van der Waals surface area contributed by atoms with E-state index in [1.54, 1.807) is 67.4 Å². The number of nitrogens with one attached hydrogen (secondary N) is 2. The molecule has 0 fully saturated rings. The van der Waals surface area contributed by atoms with E-state index in [2.05, 4.69) is 15.6 Å². The molecular weight excluding hydrogens is 372 g/mol. The van der Waals surface area contributed by atoms with Crippen LogP contribution in [0.25, 0.3) is 0 Å². The standard InChI is InChI=1S/C21H20N4O4/c1-25-11-10-22-19(25)18(26)15-4-3-5-16(12-15)24-21(28)20(27)23-13-14-6-8-17(29-2)9-7-14/h3-12H,13H2,1-2H3,(H,23,27)(H,24,28). The molecule has 2 aromatic carbocycles. The highest BCUT2D eigenvalue weighted by Crippen LogP contribution is 2.14. The van der Waals surface area contributed by atoms with E-state index in [1.807, 2.05) is 0 Å². The average Bonchev–Trinajstić information content (AvgIpc) is 3.17. The van der Waals surface area contributed by atoms with Gasteiger partial charge in [0.2, 0.25) is 5.78 Å². The fourth-order valence-electron chi connectivity index (χ4n) is 2.65. The first-order valence-electron chi connectivity index (χ1n) is 8.82. The zero-order valence-electron chi connectivity index (χ0n) is 16.0. The van der Waals surface area contributed by atoms with Crippen LogP contribution in [0.1, 0.15) is 21.7 Å². The molecule has 0 unspecified atom stereocenters. The monoisotopic (exact) mass is 392 g/mol. The summed E-state index contributed by atoms with van der Waals surface area (Å²) in [7, 11) is 3.29. The number of benzene rings is 2. The maximum absolute atomic E-state index is 12.5. The van der Waals surface area contributed by atoms with Gasteiger partial charge in [0.1, 0.15) is 5.75 Å². The van der Waals surface area contributed by atoms with Gasteiger partial charge in [0.05, 0.1) is 7.11 Å². The van der Waals surface area contributed by atoms with Crippen molar-refractivity contribution in [3.05, 3.63) is 77.9 Å². The molecule has 0 aliphatic carbocycles. The molecule has 0 spiro atoms. The molecule has 8 heteroatoms. The fraction of sp³-hybridized carbons (Fsp3) is 0.143. The summed E-state index contributed by atoms with van der Waals surface area (Å²) in [5.74, 6) is -0.886. The second-order valence-corrected chi connectivity index (χ2v) is 6.26. The van der Waals surface area contributed by atoms with Crippen molar-refractivity contribution < 1.29 is 19.1 Å². The molecule has 0 radical (unpaired) electrons. The first-order valence-corrected chi connectivity index (χ1v) is 8.82. The van der Waals surface area contributed by atoms with Crippen LogP contribution in [0, 0.1) is 0 Å². The summed E-state index contributed by atoms with van der Waals surface area (Å²) in [6, 6.07) is 13.5. The van der Waals surface area contributed by atoms with Crippen molar-refractivity contribution in [3.8, 4) is 5.75 Å². The number of aromatic nitrogens is 2. The molecule has 1 aromatic heterocycles. The number of imidazole rings is 1. The number of amides is 2. The summed E-state index contributed by atoms with van der Waals surface area (Å²) < 4.78 is 6.69. The van der Waals surface area contributed by atoms with Crippen LogP contribution in [0.3, 0.4) is 0 Å². The molecule has 148 valence electrons. The van der Waals surface area contributed by atoms with E-state index < -0.39 is 11.8 Å². The Bertz CT molecular complexity index is 1040. The Balaban J connectivity index is 1.60. The number of ether oxygens (including phenoxy) is 1. The van der Waals surface area contributed by atoms with E-state index in [4.69, 9.17) is 4.74 Å². The summed E-state index contributed by atoms with van der Waals surface area (Å²) in [4.78, 5) is 40.8. The molecule has 2 N–H and O–H groups in total. The van der Waals surface area contributed by atoms with Gasteiger partial charge in [-0.05, 0) is 29.8 Å². The lowest BCUT2D eigenvalue weighted by Gasteiger charge is -2.08. The van der Waals surface area contributed by atoms with Crippen LogP contribution in [-0.2, 0) is 23.2 Å². The van der Waals surface area contributed by atoms with Gasteiger partial charge in [-0.25, -0.2) is 4.98 Å². The number of hydrogen-bond acceptors (Lipinski definition) is 5. The zero-order chi connectivity index (χ0) is 20.8. The van der Waals surface area contributed by atoms with Crippen LogP contribution in [0.2, 0.25) is 0 Å². The Morgan fingerprint density at radius 2 is 1.83 bits per heavy atom. The van der Waals surface area contributed by atoms with Crippen LogP contribution in [0.5, 0.6) is 5.75 Å². The minimum atomic E-state index is -0.819. The van der Waals surface area contributed by atoms with Crippen molar-refractivity contribution in [2.45, 2.75) is 6.54 Å². The topological polar surface area (TPSA) is 102 Å². The van der Waals surface area contributed by atoms with Crippen LogP contribution in [0.4, 0.5) is 5.69 Å². The number of nitrogens with zero attached hydrogens (tertiary/aromatic N) is 2. The van der Waals surface area contributed by atoms with Crippen molar-refractivity contribution in [1.29, 1.82) is 0 Å². The highest BCUT2D eigenvalue weighted by atomic mass is 16.5. The Labute approximate surface area is 167 Å². The predicted molar refractivity (Wildman–Crippen MR) is 107 cm³/mol. The van der Waals surface area contributed by atoms with Crippen molar-refractivity contribution >= 4 is 23.3 Å². The summed E-state index contributed by atoms with van der Waals surface area (Å²) in [6.45, 7) is 0.202. The van der Waals surface area contributed by atoms with Gasteiger partial charge < -0.3 is 19.9 Å². The molecule has 3 rings (SSSR count). The molecular formula is C21H20N4O4. The van der Waals surface area contributed by atoms with Crippen molar-refractivity contribution in [2.24, 2.45) is 7.05 Å². The number of rotatable bonds is 6. The third kappa shape index (κ3) is 4.86. The molecule has 2 amide bonds. The molecule has 29 heavy (non-hydrogen) atoms. The lowest BCUT2D eigenvalue weighted by atomic mass is 10.1. The molecule has 3 aromatic rings. The Morgan fingerprint density at radius 1 is 1.07 bits per heavy atom. The third-order valence-electron chi connectivity index (χ3n) is 4.23. The van der Waals surface area contributed by atoms with Crippen LogP contribution >= 0.6 is 0 Å². The molecule has 0 bridgehead atoms. The second kappa shape index (κ2) is 8.83. The van der Waals surface area contributed by atoms with Gasteiger partial charge in [0.25, 0.3) is 0 Å². The lowest BCUT2D eigenvalue weighted by molar-refractivity contribution is -0.136. The van der Waals surface area contributed by atoms with Gasteiger partial charge in [0, 0.05) is 37.2 Å². The largest absolute Gasteiger partial charge is 0.497 e. The number of aryl methyl sites for hydroxylation is 1. The maximum Gasteiger partial charge on any atom is 0.313 e. The lowest BCUT2D eigenvalue weighted by Crippen LogP contribution is -2.35. The number of carbonyl (C=O) groups is 3. The summed E-state index contributed by atoms with van der Waals surface area (Å²) in [5, 5.41) is 5.05. The quantitative estimate of drug-likeness (QED) is 0.493. The average molecular weight is 392 g/mol. The van der Waals surface area contributed by atoms with Crippen molar-refractivity contribution in [1.82, 2.24) is 14.9 Å². The van der Waals surface area contributed by atoms with Crippen LogP contribution in [0.15, 0.2) is 60.9 Å². The Hall–Kier alpha value is -3.94. The van der Waals surface area contributed by atoms with Crippen molar-refractivity contribution in [3.63, 3.8) is 0 Å². The number of anilines is 1. The van der Waals surface area contributed by atoms with E-state index >= 15 is 0 Å². The van der Waals surface area contributed by atoms with Crippen molar-refractivity contribution in [2.75, 3.05) is 12.4 Å². The molecule has 1 heterocycles. The number of methoxy groups -OCH3 is 1. The van der Waals surface area contributed by atoms with Crippen LogP contribution in [-0.4, -0.2) is 34.3 Å². The summed E-state index contributed by atoms with van der Waals surface area (Å²) in [6.07, 6.45) is 3.21. The first kappa shape index (κ1) is 19.8. The molecule has 0 atom stereocenters. The summed E-state index contributed by atoms with van der Waals surface area (Å²) >= 11 is 0. The van der Waals surface area contributed by atoms with E-state index in [0.717, 1.165) is 5.56 Å². The molecule has 0 saturated heterocycles. The van der Waals surface area contributed by atoms with Gasteiger partial charge in [-0.15, -0.1) is 0 Å². The Morgan fingerprint density at radius 3 is 2.48 bits per heavy atom. The van der Waals surface area contributed by atoms with E-state index in [0.29, 0.717) is 17.0 Å². The van der Waals surface area contributed by atoms with E-state index in [1.165, 1.54) is 12.3 Å². The second-order valence-electron chi connectivity index (χ2n) is 6.26. The van der Waals surface area contributed by atoms with E-state index in [9.17, 15) is 14.4 Å².